The largest absolute Gasteiger partial charge is 0.460 e. The zero-order valence-corrected chi connectivity index (χ0v) is 15.0. The zero-order chi connectivity index (χ0) is 19.6. The third kappa shape index (κ3) is 9.91. The number of nitrogens with zero attached hydrogens (tertiary/aromatic N) is 1. The lowest BCUT2D eigenvalue weighted by atomic mass is 10.2. The molecule has 1 atom stereocenters. The highest BCUT2D eigenvalue weighted by atomic mass is 16.6. The van der Waals surface area contributed by atoms with Crippen LogP contribution in [0.1, 0.15) is 32.8 Å². The number of hydrogen-bond acceptors (Lipinski definition) is 6. The van der Waals surface area contributed by atoms with Gasteiger partial charge in [-0.15, -0.1) is 0 Å². The van der Waals surface area contributed by atoms with E-state index in [1.54, 1.807) is 20.8 Å². The molecule has 26 heavy (non-hydrogen) atoms. The molecule has 0 spiro atoms. The summed E-state index contributed by atoms with van der Waals surface area (Å²) in [6, 6.07) is 7.40. The summed E-state index contributed by atoms with van der Waals surface area (Å²) in [5.41, 5.74) is 7.05. The highest BCUT2D eigenvalue weighted by molar-refractivity contribution is 5.82. The first-order valence-corrected chi connectivity index (χ1v) is 7.93. The summed E-state index contributed by atoms with van der Waals surface area (Å²) < 4.78 is 10.3. The van der Waals surface area contributed by atoms with E-state index < -0.39 is 29.7 Å². The lowest BCUT2D eigenvalue weighted by Gasteiger charge is -2.21. The highest BCUT2D eigenvalue weighted by Crippen LogP contribution is 2.09. The van der Waals surface area contributed by atoms with Gasteiger partial charge in [-0.2, -0.15) is 5.10 Å². The van der Waals surface area contributed by atoms with Crippen LogP contribution in [0.4, 0.5) is 9.59 Å². The predicted molar refractivity (Wildman–Crippen MR) is 95.2 cm³/mol. The van der Waals surface area contributed by atoms with Crippen LogP contribution in [0.5, 0.6) is 0 Å². The van der Waals surface area contributed by atoms with E-state index in [1.807, 2.05) is 35.8 Å². The second-order valence-electron chi connectivity index (χ2n) is 6.36. The number of carbonyl (C=O) groups excluding carboxylic acids is 3. The number of ether oxygens (including phenoxy) is 2. The number of esters is 1. The fraction of sp³-hybridized carbons (Fsp3) is 0.412. The van der Waals surface area contributed by atoms with Gasteiger partial charge in [0.1, 0.15) is 12.2 Å². The fourth-order valence-electron chi connectivity index (χ4n) is 1.81. The van der Waals surface area contributed by atoms with Crippen molar-refractivity contribution in [2.24, 2.45) is 10.8 Å². The molecule has 0 saturated carbocycles. The molecule has 1 aromatic rings. The average molecular weight is 364 g/mol. The van der Waals surface area contributed by atoms with Crippen LogP contribution in [-0.4, -0.2) is 36.0 Å². The summed E-state index contributed by atoms with van der Waals surface area (Å²) in [4.78, 5) is 34.5. The molecule has 4 N–H and O–H groups in total. The lowest BCUT2D eigenvalue weighted by molar-refractivity contribution is -0.154. The number of carbonyl (C=O) groups is 3. The Kier molecular flexibility index (Phi) is 8.07. The predicted octanol–water partition coefficient (Wildman–Crippen LogP) is 1.67. The van der Waals surface area contributed by atoms with Crippen molar-refractivity contribution in [3.8, 4) is 0 Å². The van der Waals surface area contributed by atoms with Gasteiger partial charge in [0.15, 0.2) is 0 Å². The molecule has 0 bridgehead atoms. The maximum Gasteiger partial charge on any atom is 0.407 e. The fourth-order valence-corrected chi connectivity index (χ4v) is 1.81. The third-order valence-electron chi connectivity index (χ3n) is 2.75. The molecule has 9 heteroatoms. The van der Waals surface area contributed by atoms with Crippen LogP contribution in [0.15, 0.2) is 35.4 Å². The molecule has 9 nitrogen and oxygen atoms in total. The van der Waals surface area contributed by atoms with Gasteiger partial charge in [-0.1, -0.05) is 30.3 Å². The summed E-state index contributed by atoms with van der Waals surface area (Å²) in [5, 5.41) is 6.04. The van der Waals surface area contributed by atoms with E-state index in [0.29, 0.717) is 0 Å². The molecule has 1 rings (SSSR count). The van der Waals surface area contributed by atoms with Crippen molar-refractivity contribution in [2.75, 3.05) is 0 Å². The van der Waals surface area contributed by atoms with Gasteiger partial charge in [-0.25, -0.2) is 15.0 Å². The minimum absolute atomic E-state index is 0.0719. The van der Waals surface area contributed by atoms with E-state index >= 15 is 0 Å². The number of hydrogen-bond donors (Lipinski definition) is 3. The number of rotatable bonds is 7. The summed E-state index contributed by atoms with van der Waals surface area (Å²) in [7, 11) is 0. The summed E-state index contributed by atoms with van der Waals surface area (Å²) in [6.07, 6.45) is 0.230. The van der Waals surface area contributed by atoms with Crippen molar-refractivity contribution in [3.05, 3.63) is 35.9 Å². The molecule has 1 aromatic carbocycles. The quantitative estimate of drug-likeness (QED) is 0.384. The Morgan fingerprint density at radius 3 is 2.46 bits per heavy atom. The van der Waals surface area contributed by atoms with Crippen LogP contribution in [0.3, 0.4) is 0 Å². The van der Waals surface area contributed by atoms with E-state index in [9.17, 15) is 14.4 Å². The molecular formula is C17H24N4O5. The average Bonchev–Trinajstić information content (AvgIpc) is 2.51. The van der Waals surface area contributed by atoms with E-state index in [0.717, 1.165) is 5.56 Å². The molecule has 0 saturated heterocycles. The number of urea groups is 1. The molecule has 0 heterocycles. The maximum atomic E-state index is 11.9. The molecule has 0 aliphatic heterocycles. The first-order valence-electron chi connectivity index (χ1n) is 7.93. The number of hydrazone groups is 1. The van der Waals surface area contributed by atoms with Gasteiger partial charge in [0.25, 0.3) is 0 Å². The minimum Gasteiger partial charge on any atom is -0.460 e. The lowest BCUT2D eigenvalue weighted by Crippen LogP contribution is -2.40. The van der Waals surface area contributed by atoms with Crippen molar-refractivity contribution in [1.82, 2.24) is 10.7 Å². The van der Waals surface area contributed by atoms with Crippen LogP contribution >= 0.6 is 0 Å². The molecular weight excluding hydrogens is 340 g/mol. The van der Waals surface area contributed by atoms with E-state index in [-0.39, 0.29) is 13.0 Å². The van der Waals surface area contributed by atoms with E-state index in [2.05, 4.69) is 10.4 Å². The SMILES string of the molecule is CC(C)(C)OC(=O)C[C@@H](/C=N/NC(N)=O)NC(=O)OCc1ccccc1. The molecule has 3 amide bonds. The first-order chi connectivity index (χ1) is 12.2. The molecule has 142 valence electrons. The van der Waals surface area contributed by atoms with Crippen LogP contribution in [0.2, 0.25) is 0 Å². The zero-order valence-electron chi connectivity index (χ0n) is 15.0. The van der Waals surface area contributed by atoms with E-state index in [1.165, 1.54) is 6.21 Å². The van der Waals surface area contributed by atoms with Crippen LogP contribution in [0, 0.1) is 0 Å². The van der Waals surface area contributed by atoms with Gasteiger partial charge >= 0.3 is 18.1 Å². The van der Waals surface area contributed by atoms with Crippen LogP contribution in [0.25, 0.3) is 0 Å². The number of amides is 3. The van der Waals surface area contributed by atoms with Crippen molar-refractivity contribution < 1.29 is 23.9 Å². The van der Waals surface area contributed by atoms with Crippen molar-refractivity contribution in [3.63, 3.8) is 0 Å². The molecule has 0 unspecified atom stereocenters. The topological polar surface area (TPSA) is 132 Å². The normalized spacial score (nSPS) is 12.3. The molecule has 0 aliphatic carbocycles. The second-order valence-corrected chi connectivity index (χ2v) is 6.36. The molecule has 0 aliphatic rings. The Labute approximate surface area is 151 Å². The van der Waals surface area contributed by atoms with E-state index in [4.69, 9.17) is 15.2 Å². The Hall–Kier alpha value is -3.10. The monoisotopic (exact) mass is 364 g/mol. The van der Waals surface area contributed by atoms with Gasteiger partial charge in [-0.05, 0) is 26.3 Å². The number of nitrogens with one attached hydrogen (secondary N) is 2. The summed E-state index contributed by atoms with van der Waals surface area (Å²) in [6.45, 7) is 5.25. The third-order valence-corrected chi connectivity index (χ3v) is 2.75. The summed E-state index contributed by atoms with van der Waals surface area (Å²) in [5.74, 6) is -0.545. The smallest absolute Gasteiger partial charge is 0.407 e. The number of primary amides is 1. The number of benzene rings is 1. The Bertz CT molecular complexity index is 640. The molecule has 0 fully saturated rings. The first kappa shape index (κ1) is 20.9. The Balaban J connectivity index is 2.61. The summed E-state index contributed by atoms with van der Waals surface area (Å²) >= 11 is 0. The molecule has 0 radical (unpaired) electrons. The standard InChI is InChI=1S/C17H24N4O5/c1-17(2,3)26-14(22)9-13(10-19-21-15(18)23)20-16(24)25-11-12-7-5-4-6-8-12/h4-8,10,13H,9,11H2,1-3H3,(H,20,24)(H3,18,21,23)/b19-10+/t13-/m0/s1. The van der Waals surface area contributed by atoms with Crippen LogP contribution < -0.4 is 16.5 Å². The highest BCUT2D eigenvalue weighted by Gasteiger charge is 2.21. The van der Waals surface area contributed by atoms with Gasteiger partial charge in [0, 0.05) is 6.21 Å². The number of alkyl carbamates (subject to hydrolysis) is 1. The minimum atomic E-state index is -0.871. The molecule has 0 aromatic heterocycles. The van der Waals surface area contributed by atoms with Gasteiger partial charge in [0.2, 0.25) is 0 Å². The van der Waals surface area contributed by atoms with Crippen molar-refractivity contribution >= 4 is 24.3 Å². The maximum absolute atomic E-state index is 11.9. The van der Waals surface area contributed by atoms with Crippen LogP contribution in [-0.2, 0) is 20.9 Å². The van der Waals surface area contributed by atoms with Gasteiger partial charge in [-0.3, -0.25) is 4.79 Å². The number of nitrogens with two attached hydrogens (primary N) is 1. The van der Waals surface area contributed by atoms with Gasteiger partial charge < -0.3 is 20.5 Å². The second kappa shape index (κ2) is 10.0. The van der Waals surface area contributed by atoms with Crippen molar-refractivity contribution in [1.29, 1.82) is 0 Å². The Morgan fingerprint density at radius 2 is 1.88 bits per heavy atom. The van der Waals surface area contributed by atoms with Crippen molar-refractivity contribution in [2.45, 2.75) is 45.4 Å². The Morgan fingerprint density at radius 1 is 1.23 bits per heavy atom. The van der Waals surface area contributed by atoms with Gasteiger partial charge in [0.05, 0.1) is 12.5 Å².